The standard InChI is InChI=1S/C23H36O16/c1-23(33)3-8(25)11-7(19(32)34-2)5-35-20(12(11)23)39-22-18(31)16(29)14(27)10(38-22)6-36-21-17(30)15(28)13(26)9(4-24)37-21/h5,8-18,20-22,24-31,33H,3-4,6H2,1-2H3/t8-,9-,10-,11+,12-,13+,14-,15+,16+,17-,18-,20+,21+,22+,23+/m1/s1. The monoisotopic (exact) mass is 568 g/mol. The summed E-state index contributed by atoms with van der Waals surface area (Å²) >= 11 is 0. The summed E-state index contributed by atoms with van der Waals surface area (Å²) in [5.74, 6) is -2.76. The summed E-state index contributed by atoms with van der Waals surface area (Å²) in [7, 11) is 1.14. The molecule has 3 heterocycles. The Hall–Kier alpha value is -1.51. The molecule has 3 fully saturated rings. The topological polar surface area (TPSA) is 255 Å². The van der Waals surface area contributed by atoms with Crippen molar-refractivity contribution in [2.24, 2.45) is 11.8 Å². The Kier molecular flexibility index (Phi) is 9.19. The van der Waals surface area contributed by atoms with E-state index in [2.05, 4.69) is 0 Å². The molecule has 1 saturated carbocycles. The average Bonchev–Trinajstić information content (AvgIpc) is 3.16. The van der Waals surface area contributed by atoms with Crippen LogP contribution in [-0.4, -0.2) is 152 Å². The van der Waals surface area contributed by atoms with Gasteiger partial charge in [-0.05, 0) is 6.92 Å². The predicted octanol–water partition coefficient (Wildman–Crippen LogP) is -5.21. The third-order valence-corrected chi connectivity index (χ3v) is 7.75. The molecule has 9 N–H and O–H groups in total. The zero-order valence-electron chi connectivity index (χ0n) is 21.2. The van der Waals surface area contributed by atoms with E-state index in [1.807, 2.05) is 0 Å². The van der Waals surface area contributed by atoms with E-state index >= 15 is 0 Å². The molecule has 4 aliphatic rings. The van der Waals surface area contributed by atoms with Crippen LogP contribution in [0.15, 0.2) is 11.8 Å². The molecule has 15 atom stereocenters. The number of hydrogen-bond donors (Lipinski definition) is 9. The van der Waals surface area contributed by atoms with Crippen LogP contribution in [0.3, 0.4) is 0 Å². The number of aliphatic hydroxyl groups is 9. The quantitative estimate of drug-likeness (QED) is 0.130. The van der Waals surface area contributed by atoms with Gasteiger partial charge in [-0.1, -0.05) is 0 Å². The Morgan fingerprint density at radius 1 is 0.923 bits per heavy atom. The fourth-order valence-electron chi connectivity index (χ4n) is 5.59. The number of fused-ring (bicyclic) bond motifs is 1. The van der Waals surface area contributed by atoms with Crippen molar-refractivity contribution in [3.8, 4) is 0 Å². The number of aliphatic hydroxyl groups excluding tert-OH is 8. The van der Waals surface area contributed by atoms with E-state index in [1.165, 1.54) is 6.92 Å². The SMILES string of the molecule is COC(=O)C1=CO[C@@H](O[C@@H]2O[C@H](CO[C@H]3O[C@H](CO)[C@H](O)[C@H](O)[C@H]3O)[C@@H](O)[C@H](O)[C@H]2O)[C@H]2[C@@H]1[C@H](O)C[C@]2(C)O. The first-order valence-electron chi connectivity index (χ1n) is 12.4. The highest BCUT2D eigenvalue weighted by molar-refractivity contribution is 5.89. The largest absolute Gasteiger partial charge is 0.471 e. The van der Waals surface area contributed by atoms with Gasteiger partial charge in [0.2, 0.25) is 6.29 Å². The van der Waals surface area contributed by atoms with Crippen LogP contribution >= 0.6 is 0 Å². The van der Waals surface area contributed by atoms with Crippen LogP contribution in [-0.2, 0) is 33.2 Å². The molecular weight excluding hydrogens is 532 g/mol. The Morgan fingerprint density at radius 3 is 2.13 bits per heavy atom. The summed E-state index contributed by atoms with van der Waals surface area (Å²) in [5.41, 5.74) is -1.62. The molecule has 0 bridgehead atoms. The number of hydrogen-bond acceptors (Lipinski definition) is 16. The maximum Gasteiger partial charge on any atom is 0.337 e. The van der Waals surface area contributed by atoms with Gasteiger partial charge in [-0.15, -0.1) is 0 Å². The van der Waals surface area contributed by atoms with Crippen LogP contribution in [0.2, 0.25) is 0 Å². The van der Waals surface area contributed by atoms with Crippen LogP contribution in [0.4, 0.5) is 0 Å². The van der Waals surface area contributed by atoms with E-state index in [9.17, 15) is 50.8 Å². The number of rotatable bonds is 7. The lowest BCUT2D eigenvalue weighted by Gasteiger charge is -2.45. The van der Waals surface area contributed by atoms with Crippen molar-refractivity contribution in [1.29, 1.82) is 0 Å². The van der Waals surface area contributed by atoms with Gasteiger partial charge in [0.1, 0.15) is 48.8 Å². The third-order valence-electron chi connectivity index (χ3n) is 7.75. The number of carbonyl (C=O) groups is 1. The molecule has 2 saturated heterocycles. The van der Waals surface area contributed by atoms with Crippen molar-refractivity contribution in [3.63, 3.8) is 0 Å². The zero-order valence-corrected chi connectivity index (χ0v) is 21.2. The molecule has 0 spiro atoms. The highest BCUT2D eigenvalue weighted by Crippen LogP contribution is 2.49. The number of esters is 1. The summed E-state index contributed by atoms with van der Waals surface area (Å²) in [6.07, 6.45) is -17.9. The van der Waals surface area contributed by atoms with E-state index in [0.717, 1.165) is 13.4 Å². The highest BCUT2D eigenvalue weighted by Gasteiger charge is 2.59. The molecule has 16 nitrogen and oxygen atoms in total. The molecule has 0 unspecified atom stereocenters. The molecule has 0 aromatic carbocycles. The van der Waals surface area contributed by atoms with Gasteiger partial charge in [-0.25, -0.2) is 4.79 Å². The van der Waals surface area contributed by atoms with Gasteiger partial charge in [0.25, 0.3) is 0 Å². The predicted molar refractivity (Wildman–Crippen MR) is 121 cm³/mol. The van der Waals surface area contributed by atoms with Gasteiger partial charge < -0.3 is 74.4 Å². The number of ether oxygens (including phenoxy) is 6. The van der Waals surface area contributed by atoms with E-state index in [0.29, 0.717) is 0 Å². The number of carbonyl (C=O) groups excluding carboxylic acids is 1. The summed E-state index contributed by atoms with van der Waals surface area (Å²) in [5, 5.41) is 92.3. The van der Waals surface area contributed by atoms with Gasteiger partial charge in [-0.2, -0.15) is 0 Å². The average molecular weight is 569 g/mol. The lowest BCUT2D eigenvalue weighted by Crippen LogP contribution is -2.62. The molecule has 1 aliphatic carbocycles. The molecule has 0 radical (unpaired) electrons. The minimum atomic E-state index is -1.82. The van der Waals surface area contributed by atoms with E-state index in [1.54, 1.807) is 0 Å². The van der Waals surface area contributed by atoms with Crippen molar-refractivity contribution in [2.45, 2.75) is 92.8 Å². The number of methoxy groups -OCH3 is 1. The third kappa shape index (κ3) is 5.67. The van der Waals surface area contributed by atoms with Crippen LogP contribution < -0.4 is 0 Å². The molecule has 0 amide bonds. The maximum atomic E-state index is 12.2. The second kappa shape index (κ2) is 11.8. The first-order valence-corrected chi connectivity index (χ1v) is 12.4. The Morgan fingerprint density at radius 2 is 1.51 bits per heavy atom. The molecule has 0 aromatic rings. The minimum absolute atomic E-state index is 0.0287. The van der Waals surface area contributed by atoms with E-state index < -0.39 is 110 Å². The summed E-state index contributed by atoms with van der Waals surface area (Å²) < 4.78 is 32.3. The summed E-state index contributed by atoms with van der Waals surface area (Å²) in [6.45, 7) is 0.144. The molecule has 39 heavy (non-hydrogen) atoms. The lowest BCUT2D eigenvalue weighted by molar-refractivity contribution is -0.357. The van der Waals surface area contributed by atoms with Crippen LogP contribution in [0.5, 0.6) is 0 Å². The van der Waals surface area contributed by atoms with Crippen molar-refractivity contribution in [3.05, 3.63) is 11.8 Å². The van der Waals surface area contributed by atoms with Crippen molar-refractivity contribution >= 4 is 5.97 Å². The van der Waals surface area contributed by atoms with Gasteiger partial charge in [0.15, 0.2) is 12.6 Å². The first-order chi connectivity index (χ1) is 18.3. The second-order valence-corrected chi connectivity index (χ2v) is 10.4. The zero-order chi connectivity index (χ0) is 28.8. The molecular formula is C23H36O16. The van der Waals surface area contributed by atoms with Gasteiger partial charge in [0.05, 0.1) is 49.8 Å². The van der Waals surface area contributed by atoms with Crippen LogP contribution in [0.1, 0.15) is 13.3 Å². The smallest absolute Gasteiger partial charge is 0.337 e. The Labute approximate surface area is 222 Å². The van der Waals surface area contributed by atoms with E-state index in [-0.39, 0.29) is 12.0 Å². The fraction of sp³-hybridized carbons (Fsp3) is 0.870. The normalized spacial score (nSPS) is 50.1. The van der Waals surface area contributed by atoms with Gasteiger partial charge >= 0.3 is 5.97 Å². The van der Waals surface area contributed by atoms with Crippen molar-refractivity contribution < 1.29 is 79.2 Å². The first kappa shape index (κ1) is 30.4. The summed E-state index contributed by atoms with van der Waals surface area (Å²) in [6, 6.07) is 0. The maximum absolute atomic E-state index is 12.2. The fourth-order valence-corrected chi connectivity index (χ4v) is 5.59. The minimum Gasteiger partial charge on any atom is -0.471 e. The molecule has 3 aliphatic heterocycles. The van der Waals surface area contributed by atoms with E-state index in [4.69, 9.17) is 28.4 Å². The Balaban J connectivity index is 1.47. The molecule has 224 valence electrons. The lowest BCUT2D eigenvalue weighted by atomic mass is 9.80. The highest BCUT2D eigenvalue weighted by atomic mass is 16.8. The molecule has 4 rings (SSSR count). The second-order valence-electron chi connectivity index (χ2n) is 10.4. The van der Waals surface area contributed by atoms with Crippen molar-refractivity contribution in [2.75, 3.05) is 20.3 Å². The Bertz CT molecular complexity index is 895. The molecule has 16 heteroatoms. The summed E-state index contributed by atoms with van der Waals surface area (Å²) in [4.78, 5) is 12.2. The molecule has 0 aromatic heterocycles. The van der Waals surface area contributed by atoms with Crippen LogP contribution in [0, 0.1) is 11.8 Å². The van der Waals surface area contributed by atoms with Crippen LogP contribution in [0.25, 0.3) is 0 Å². The van der Waals surface area contributed by atoms with Gasteiger partial charge in [-0.3, -0.25) is 0 Å². The van der Waals surface area contributed by atoms with Crippen molar-refractivity contribution in [1.82, 2.24) is 0 Å². The van der Waals surface area contributed by atoms with Gasteiger partial charge in [0, 0.05) is 12.3 Å².